The number of carbonyl (C=O) groups is 2. The number of aliphatic hydroxyl groups is 1. The van der Waals surface area contributed by atoms with Crippen LogP contribution in [-0.2, 0) is 20.9 Å². The molecule has 0 heterocycles. The number of aliphatic hydroxyl groups excluding tert-OH is 1. The number of benzene rings is 1. The lowest BCUT2D eigenvalue weighted by Crippen LogP contribution is -2.41. The second kappa shape index (κ2) is 9.78. The van der Waals surface area contributed by atoms with Crippen LogP contribution >= 0.6 is 0 Å². The van der Waals surface area contributed by atoms with Gasteiger partial charge in [-0.05, 0) is 25.8 Å². The number of hydrogen-bond acceptors (Lipinski definition) is 5. The molecule has 0 unspecified atom stereocenters. The Morgan fingerprint density at radius 1 is 1.23 bits per heavy atom. The monoisotopic (exact) mass is 309 g/mol. The number of alkyl carbamates (subject to hydrolysis) is 1. The summed E-state index contributed by atoms with van der Waals surface area (Å²) in [7, 11) is 0. The van der Waals surface area contributed by atoms with Crippen LogP contribution < -0.4 is 5.32 Å². The fraction of sp³-hybridized carbons (Fsp3) is 0.500. The number of esters is 1. The lowest BCUT2D eigenvalue weighted by Gasteiger charge is -2.19. The first-order valence-electron chi connectivity index (χ1n) is 7.33. The Bertz CT molecular complexity index is 463. The second-order valence-electron chi connectivity index (χ2n) is 4.91. The van der Waals surface area contributed by atoms with Gasteiger partial charge in [-0.2, -0.15) is 0 Å². The van der Waals surface area contributed by atoms with E-state index in [1.54, 1.807) is 13.8 Å². The predicted octanol–water partition coefficient (Wildman–Crippen LogP) is 2.01. The quantitative estimate of drug-likeness (QED) is 0.718. The van der Waals surface area contributed by atoms with Gasteiger partial charge in [0.2, 0.25) is 0 Å². The Morgan fingerprint density at radius 2 is 1.91 bits per heavy atom. The first-order chi connectivity index (χ1) is 10.5. The molecular formula is C16H23NO5. The highest BCUT2D eigenvalue weighted by atomic mass is 16.5. The number of hydrogen-bond donors (Lipinski definition) is 2. The Hall–Kier alpha value is -2.08. The molecule has 6 heteroatoms. The summed E-state index contributed by atoms with van der Waals surface area (Å²) in [6, 6.07) is 8.79. The molecule has 1 aromatic rings. The van der Waals surface area contributed by atoms with E-state index in [-0.39, 0.29) is 25.4 Å². The summed E-state index contributed by atoms with van der Waals surface area (Å²) in [4.78, 5) is 22.8. The van der Waals surface area contributed by atoms with Crippen LogP contribution in [0.15, 0.2) is 30.3 Å². The largest absolute Gasteiger partial charge is 0.466 e. The molecule has 2 atom stereocenters. The van der Waals surface area contributed by atoms with Crippen LogP contribution in [0.1, 0.15) is 32.3 Å². The lowest BCUT2D eigenvalue weighted by atomic mass is 10.1. The summed E-state index contributed by atoms with van der Waals surface area (Å²) >= 11 is 0. The van der Waals surface area contributed by atoms with Gasteiger partial charge >= 0.3 is 12.1 Å². The number of nitrogens with one attached hydrogen (secondary N) is 1. The molecule has 0 bridgehead atoms. The molecule has 0 aliphatic rings. The lowest BCUT2D eigenvalue weighted by molar-refractivity contribution is -0.143. The number of amides is 1. The van der Waals surface area contributed by atoms with E-state index < -0.39 is 18.2 Å². The van der Waals surface area contributed by atoms with Crippen molar-refractivity contribution in [2.45, 2.75) is 45.4 Å². The molecule has 0 spiro atoms. The summed E-state index contributed by atoms with van der Waals surface area (Å²) in [5.74, 6) is -0.361. The van der Waals surface area contributed by atoms with E-state index in [0.29, 0.717) is 6.61 Å². The highest BCUT2D eigenvalue weighted by molar-refractivity contribution is 5.69. The molecule has 1 rings (SSSR count). The molecule has 122 valence electrons. The average molecular weight is 309 g/mol. The molecule has 22 heavy (non-hydrogen) atoms. The van der Waals surface area contributed by atoms with Gasteiger partial charge in [0.05, 0.1) is 18.8 Å². The van der Waals surface area contributed by atoms with Crippen LogP contribution in [0.2, 0.25) is 0 Å². The highest BCUT2D eigenvalue weighted by Crippen LogP contribution is 2.05. The van der Waals surface area contributed by atoms with Crippen molar-refractivity contribution in [2.75, 3.05) is 6.61 Å². The van der Waals surface area contributed by atoms with E-state index >= 15 is 0 Å². The predicted molar refractivity (Wildman–Crippen MR) is 81.1 cm³/mol. The molecule has 0 saturated carbocycles. The third kappa shape index (κ3) is 7.08. The Balaban J connectivity index is 2.26. The maximum Gasteiger partial charge on any atom is 0.407 e. The minimum absolute atomic E-state index is 0.111. The van der Waals surface area contributed by atoms with E-state index in [0.717, 1.165) is 5.56 Å². The van der Waals surface area contributed by atoms with Crippen molar-refractivity contribution in [1.82, 2.24) is 5.32 Å². The van der Waals surface area contributed by atoms with Gasteiger partial charge in [-0.1, -0.05) is 30.3 Å². The standard InChI is InChI=1S/C16H23NO5/c1-3-21-15(19)10-9-14(18)12(2)17-16(20)22-11-13-7-5-4-6-8-13/h4-8,12,14,18H,3,9-11H2,1-2H3,(H,17,20)/t12-,14-/m1/s1. The average Bonchev–Trinajstić information content (AvgIpc) is 2.52. The Kier molecular flexibility index (Phi) is 7.99. The van der Waals surface area contributed by atoms with Gasteiger partial charge in [-0.15, -0.1) is 0 Å². The van der Waals surface area contributed by atoms with Crippen LogP contribution in [0.3, 0.4) is 0 Å². The Labute approximate surface area is 130 Å². The number of carbonyl (C=O) groups excluding carboxylic acids is 2. The molecule has 0 saturated heterocycles. The highest BCUT2D eigenvalue weighted by Gasteiger charge is 2.18. The summed E-state index contributed by atoms with van der Waals surface area (Å²) in [6.07, 6.45) is -1.11. The van der Waals surface area contributed by atoms with Gasteiger partial charge in [-0.3, -0.25) is 4.79 Å². The number of ether oxygens (including phenoxy) is 2. The fourth-order valence-electron chi connectivity index (χ4n) is 1.80. The summed E-state index contributed by atoms with van der Waals surface area (Å²) in [5, 5.41) is 12.4. The van der Waals surface area contributed by atoms with Gasteiger partial charge in [-0.25, -0.2) is 4.79 Å². The van der Waals surface area contributed by atoms with Gasteiger partial charge in [0.1, 0.15) is 6.61 Å². The van der Waals surface area contributed by atoms with Crippen molar-refractivity contribution < 1.29 is 24.2 Å². The van der Waals surface area contributed by atoms with Crippen molar-refractivity contribution >= 4 is 12.1 Å². The zero-order valence-electron chi connectivity index (χ0n) is 13.0. The molecule has 0 radical (unpaired) electrons. The third-order valence-corrected chi connectivity index (χ3v) is 3.08. The van der Waals surface area contributed by atoms with Crippen molar-refractivity contribution in [3.8, 4) is 0 Å². The van der Waals surface area contributed by atoms with Crippen molar-refractivity contribution in [2.24, 2.45) is 0 Å². The SMILES string of the molecule is CCOC(=O)CC[C@@H](O)[C@@H](C)NC(=O)OCc1ccccc1. The van der Waals surface area contributed by atoms with Crippen LogP contribution in [0.5, 0.6) is 0 Å². The first kappa shape index (κ1) is 18.0. The molecule has 0 aliphatic heterocycles. The molecule has 0 aromatic heterocycles. The van der Waals surface area contributed by atoms with Crippen LogP contribution in [0.25, 0.3) is 0 Å². The summed E-state index contributed by atoms with van der Waals surface area (Å²) in [6.45, 7) is 3.85. The number of rotatable bonds is 8. The molecule has 1 amide bonds. The zero-order chi connectivity index (χ0) is 16.4. The van der Waals surface area contributed by atoms with Crippen molar-refractivity contribution in [3.63, 3.8) is 0 Å². The molecule has 0 aliphatic carbocycles. The van der Waals surface area contributed by atoms with Gasteiger partial charge in [0, 0.05) is 6.42 Å². The molecule has 2 N–H and O–H groups in total. The van der Waals surface area contributed by atoms with E-state index in [1.807, 2.05) is 30.3 Å². The first-order valence-corrected chi connectivity index (χ1v) is 7.33. The topological polar surface area (TPSA) is 84.9 Å². The summed E-state index contributed by atoms with van der Waals surface area (Å²) < 4.78 is 9.84. The fourth-order valence-corrected chi connectivity index (χ4v) is 1.80. The van der Waals surface area contributed by atoms with Crippen LogP contribution in [0, 0.1) is 0 Å². The van der Waals surface area contributed by atoms with E-state index in [1.165, 1.54) is 0 Å². The maximum atomic E-state index is 11.6. The maximum absolute atomic E-state index is 11.6. The summed E-state index contributed by atoms with van der Waals surface area (Å²) in [5.41, 5.74) is 0.883. The molecule has 6 nitrogen and oxygen atoms in total. The molecule has 1 aromatic carbocycles. The minimum Gasteiger partial charge on any atom is -0.466 e. The molecule has 0 fully saturated rings. The third-order valence-electron chi connectivity index (χ3n) is 3.08. The van der Waals surface area contributed by atoms with Gasteiger partial charge < -0.3 is 19.9 Å². The van der Waals surface area contributed by atoms with E-state index in [4.69, 9.17) is 9.47 Å². The smallest absolute Gasteiger partial charge is 0.407 e. The van der Waals surface area contributed by atoms with Crippen molar-refractivity contribution in [3.05, 3.63) is 35.9 Å². The van der Waals surface area contributed by atoms with Gasteiger partial charge in [0.15, 0.2) is 0 Å². The van der Waals surface area contributed by atoms with E-state index in [2.05, 4.69) is 5.32 Å². The van der Waals surface area contributed by atoms with Gasteiger partial charge in [0.25, 0.3) is 0 Å². The minimum atomic E-state index is -0.839. The van der Waals surface area contributed by atoms with E-state index in [9.17, 15) is 14.7 Å². The van der Waals surface area contributed by atoms with Crippen LogP contribution in [-0.4, -0.2) is 35.9 Å². The van der Waals surface area contributed by atoms with Crippen molar-refractivity contribution in [1.29, 1.82) is 0 Å². The normalized spacial score (nSPS) is 13.0. The second-order valence-corrected chi connectivity index (χ2v) is 4.91. The molecular weight excluding hydrogens is 286 g/mol. The zero-order valence-corrected chi connectivity index (χ0v) is 13.0. The van der Waals surface area contributed by atoms with Crippen LogP contribution in [0.4, 0.5) is 4.79 Å². The Morgan fingerprint density at radius 3 is 2.55 bits per heavy atom.